The number of hydrogen-bond donors (Lipinski definition) is 3. The minimum atomic E-state index is -0.886. The van der Waals surface area contributed by atoms with E-state index in [1.54, 1.807) is 12.1 Å². The molecule has 0 spiro atoms. The molecule has 8 nitrogen and oxygen atoms in total. The SMILES string of the molecule is O=C(C[C@H]1NC(=O)N(Cc2ccco2)C1=O)N[C@H]1CCCc2c1[nH]c1c(Cl)cccc21. The molecule has 1 saturated heterocycles. The highest BCUT2D eigenvalue weighted by atomic mass is 35.5. The number of fused-ring (bicyclic) bond motifs is 3. The highest BCUT2D eigenvalue weighted by Crippen LogP contribution is 2.37. The van der Waals surface area contributed by atoms with E-state index < -0.39 is 18.0 Å². The van der Waals surface area contributed by atoms with Gasteiger partial charge in [-0.1, -0.05) is 23.7 Å². The summed E-state index contributed by atoms with van der Waals surface area (Å²) in [5.74, 6) is -0.222. The maximum absolute atomic E-state index is 12.7. The number of rotatable bonds is 5. The van der Waals surface area contributed by atoms with Crippen molar-refractivity contribution >= 4 is 40.3 Å². The van der Waals surface area contributed by atoms with E-state index in [0.717, 1.165) is 40.8 Å². The van der Waals surface area contributed by atoms with Crippen molar-refractivity contribution in [2.45, 2.75) is 44.3 Å². The van der Waals surface area contributed by atoms with Crippen LogP contribution in [-0.2, 0) is 22.6 Å². The predicted octanol–water partition coefficient (Wildman–Crippen LogP) is 3.42. The van der Waals surface area contributed by atoms with Gasteiger partial charge in [-0.25, -0.2) is 4.79 Å². The van der Waals surface area contributed by atoms with Crippen molar-refractivity contribution in [2.24, 2.45) is 0 Å². The van der Waals surface area contributed by atoms with Crippen molar-refractivity contribution in [1.29, 1.82) is 0 Å². The zero-order valence-corrected chi connectivity index (χ0v) is 17.4. The second-order valence-corrected chi connectivity index (χ2v) is 8.31. The Morgan fingerprint density at radius 1 is 1.26 bits per heavy atom. The summed E-state index contributed by atoms with van der Waals surface area (Å²) in [5, 5.41) is 7.34. The van der Waals surface area contributed by atoms with E-state index >= 15 is 0 Å². The molecule has 1 aliphatic heterocycles. The molecule has 9 heteroatoms. The first-order chi connectivity index (χ1) is 15.0. The molecule has 2 aromatic heterocycles. The van der Waals surface area contributed by atoms with Gasteiger partial charge in [0, 0.05) is 11.1 Å². The number of urea groups is 1. The Labute approximate surface area is 182 Å². The van der Waals surface area contributed by atoms with Crippen molar-refractivity contribution in [1.82, 2.24) is 20.5 Å². The molecular weight excluding hydrogens is 420 g/mol. The summed E-state index contributed by atoms with van der Waals surface area (Å²) < 4.78 is 5.21. The lowest BCUT2D eigenvalue weighted by Crippen LogP contribution is -2.38. The molecule has 2 aliphatic rings. The molecule has 1 fully saturated rings. The zero-order valence-electron chi connectivity index (χ0n) is 16.6. The fourth-order valence-electron chi connectivity index (χ4n) is 4.46. The maximum atomic E-state index is 12.7. The normalized spacial score (nSPS) is 20.7. The average Bonchev–Trinajstić information content (AvgIpc) is 3.45. The third-order valence-electron chi connectivity index (χ3n) is 5.92. The van der Waals surface area contributed by atoms with Crippen LogP contribution in [0.1, 0.15) is 42.3 Å². The first-order valence-electron chi connectivity index (χ1n) is 10.2. The second-order valence-electron chi connectivity index (χ2n) is 7.90. The fourth-order valence-corrected chi connectivity index (χ4v) is 4.68. The van der Waals surface area contributed by atoms with Gasteiger partial charge in [0.2, 0.25) is 5.91 Å². The number of aryl methyl sites for hydroxylation is 1. The number of nitrogens with one attached hydrogen (secondary N) is 3. The number of carbonyl (C=O) groups is 3. The minimum absolute atomic E-state index is 0.0393. The molecule has 0 saturated carbocycles. The Bertz CT molecular complexity index is 1170. The van der Waals surface area contributed by atoms with Gasteiger partial charge in [-0.3, -0.25) is 14.5 Å². The number of halogens is 1. The molecule has 5 rings (SSSR count). The van der Waals surface area contributed by atoms with Gasteiger partial charge >= 0.3 is 6.03 Å². The van der Waals surface area contributed by atoms with Gasteiger partial charge < -0.3 is 20.0 Å². The monoisotopic (exact) mass is 440 g/mol. The fraction of sp³-hybridized carbons (Fsp3) is 0.318. The largest absolute Gasteiger partial charge is 0.467 e. The summed E-state index contributed by atoms with van der Waals surface area (Å²) in [6.07, 6.45) is 4.01. The maximum Gasteiger partial charge on any atom is 0.325 e. The lowest BCUT2D eigenvalue weighted by molar-refractivity contribution is -0.131. The number of para-hydroxylation sites is 1. The summed E-state index contributed by atoms with van der Waals surface area (Å²) >= 11 is 6.33. The van der Waals surface area contributed by atoms with Gasteiger partial charge in [-0.05, 0) is 43.0 Å². The summed E-state index contributed by atoms with van der Waals surface area (Å²) in [5.41, 5.74) is 3.01. The molecule has 3 heterocycles. The molecule has 4 amide bonds. The average molecular weight is 441 g/mol. The first-order valence-corrected chi connectivity index (χ1v) is 10.6. The van der Waals surface area contributed by atoms with Crippen molar-refractivity contribution in [2.75, 3.05) is 0 Å². The third kappa shape index (κ3) is 3.57. The highest BCUT2D eigenvalue weighted by Gasteiger charge is 2.40. The summed E-state index contributed by atoms with van der Waals surface area (Å²) in [7, 11) is 0. The van der Waals surface area contributed by atoms with Crippen LogP contribution in [0.25, 0.3) is 10.9 Å². The van der Waals surface area contributed by atoms with E-state index in [4.69, 9.17) is 16.0 Å². The van der Waals surface area contributed by atoms with Crippen LogP contribution in [-0.4, -0.2) is 33.8 Å². The Balaban J connectivity index is 1.28. The zero-order chi connectivity index (χ0) is 21.5. The number of benzene rings is 1. The van der Waals surface area contributed by atoms with E-state index in [1.807, 2.05) is 18.2 Å². The van der Waals surface area contributed by atoms with Crippen molar-refractivity contribution in [3.63, 3.8) is 0 Å². The predicted molar refractivity (Wildman–Crippen MR) is 113 cm³/mol. The summed E-state index contributed by atoms with van der Waals surface area (Å²) in [6.45, 7) is 0.0393. The van der Waals surface area contributed by atoms with Gasteiger partial charge in [-0.15, -0.1) is 0 Å². The van der Waals surface area contributed by atoms with Gasteiger partial charge in [-0.2, -0.15) is 0 Å². The van der Waals surface area contributed by atoms with Gasteiger partial charge in [0.05, 0.1) is 35.8 Å². The number of nitrogens with zero attached hydrogens (tertiary/aromatic N) is 1. The molecule has 0 bridgehead atoms. The Kier molecular flexibility index (Phi) is 4.94. The van der Waals surface area contributed by atoms with Crippen molar-refractivity contribution < 1.29 is 18.8 Å². The van der Waals surface area contributed by atoms with E-state index in [0.29, 0.717) is 10.8 Å². The number of hydrogen-bond acceptors (Lipinski definition) is 4. The quantitative estimate of drug-likeness (QED) is 0.528. The lowest BCUT2D eigenvalue weighted by atomic mass is 9.91. The number of aromatic amines is 1. The van der Waals surface area contributed by atoms with Crippen molar-refractivity contribution in [3.05, 3.63) is 58.6 Å². The van der Waals surface area contributed by atoms with Crippen LogP contribution in [0.2, 0.25) is 5.02 Å². The van der Waals surface area contributed by atoms with Crippen LogP contribution in [0, 0.1) is 0 Å². The third-order valence-corrected chi connectivity index (χ3v) is 6.23. The van der Waals surface area contributed by atoms with E-state index in [9.17, 15) is 14.4 Å². The van der Waals surface area contributed by atoms with Crippen LogP contribution >= 0.6 is 11.6 Å². The summed E-state index contributed by atoms with van der Waals surface area (Å²) in [6, 6.07) is 7.56. The van der Waals surface area contributed by atoms with Gasteiger partial charge in [0.15, 0.2) is 0 Å². The van der Waals surface area contributed by atoms with Crippen molar-refractivity contribution in [3.8, 4) is 0 Å². The van der Waals surface area contributed by atoms with E-state index in [2.05, 4.69) is 15.6 Å². The topological polar surface area (TPSA) is 107 Å². The van der Waals surface area contributed by atoms with Gasteiger partial charge in [0.1, 0.15) is 11.8 Å². The molecular formula is C22H21ClN4O4. The summed E-state index contributed by atoms with van der Waals surface area (Å²) in [4.78, 5) is 42.0. The number of H-pyrrole nitrogens is 1. The molecule has 3 aromatic rings. The number of amides is 4. The molecule has 2 atom stereocenters. The van der Waals surface area contributed by atoms with Crippen LogP contribution in [0.4, 0.5) is 4.79 Å². The first kappa shape index (κ1) is 19.7. The van der Waals surface area contributed by atoms with Crippen LogP contribution in [0.3, 0.4) is 0 Å². The molecule has 1 aromatic carbocycles. The lowest BCUT2D eigenvalue weighted by Gasteiger charge is -2.24. The smallest absolute Gasteiger partial charge is 0.325 e. The molecule has 31 heavy (non-hydrogen) atoms. The molecule has 160 valence electrons. The minimum Gasteiger partial charge on any atom is -0.467 e. The van der Waals surface area contributed by atoms with Gasteiger partial charge in [0.25, 0.3) is 5.91 Å². The highest BCUT2D eigenvalue weighted by molar-refractivity contribution is 6.35. The standard InChI is InChI=1S/C22H21ClN4O4/c23-15-7-1-5-13-14-6-2-8-16(20(14)26-19(13)15)24-18(28)10-17-21(29)27(22(30)25-17)11-12-4-3-9-31-12/h1,3-5,7,9,16-17,26H,2,6,8,10-11H2,(H,24,28)(H,25,30)/t16-,17+/m0/s1. The van der Waals surface area contributed by atoms with Crippen LogP contribution < -0.4 is 10.6 Å². The van der Waals surface area contributed by atoms with Crippen LogP contribution in [0.5, 0.6) is 0 Å². The van der Waals surface area contributed by atoms with E-state index in [1.165, 1.54) is 11.8 Å². The number of carbonyl (C=O) groups excluding carboxylic acids is 3. The molecule has 3 N–H and O–H groups in total. The Hall–Kier alpha value is -3.26. The van der Waals surface area contributed by atoms with Crippen LogP contribution in [0.15, 0.2) is 41.0 Å². The second kappa shape index (κ2) is 7.77. The van der Waals surface area contributed by atoms with E-state index in [-0.39, 0.29) is 24.9 Å². The number of furan rings is 1. The molecule has 0 radical (unpaired) electrons. The molecule has 1 aliphatic carbocycles. The Morgan fingerprint density at radius 3 is 2.94 bits per heavy atom. The number of imide groups is 1. The number of aromatic nitrogens is 1. The Morgan fingerprint density at radius 2 is 2.13 bits per heavy atom. The molecule has 0 unspecified atom stereocenters.